The number of likely N-dealkylation sites (N-methyl/N-ethyl adjacent to an activating group) is 1. The van der Waals surface area contributed by atoms with Gasteiger partial charge in [0.1, 0.15) is 0 Å². The highest BCUT2D eigenvalue weighted by atomic mass is 35.5. The molecule has 1 aliphatic rings. The molecule has 0 saturated carbocycles. The van der Waals surface area contributed by atoms with Gasteiger partial charge in [0.25, 0.3) is 0 Å². The second-order valence-corrected chi connectivity index (χ2v) is 6.35. The van der Waals surface area contributed by atoms with Crippen molar-refractivity contribution in [2.24, 2.45) is 0 Å². The summed E-state index contributed by atoms with van der Waals surface area (Å²) in [5.74, 6) is 0.339. The van der Waals surface area contributed by atoms with E-state index in [4.69, 9.17) is 17.3 Å². The van der Waals surface area contributed by atoms with Gasteiger partial charge in [0.05, 0.1) is 0 Å². The quantitative estimate of drug-likeness (QED) is 0.847. The summed E-state index contributed by atoms with van der Waals surface area (Å²) in [6.45, 7) is 4.08. The second kappa shape index (κ2) is 5.70. The maximum Gasteiger partial charge on any atom is 0.0429 e. The van der Waals surface area contributed by atoms with Crippen molar-refractivity contribution in [1.82, 2.24) is 4.90 Å². The molecule has 0 spiro atoms. The molecule has 0 amide bonds. The van der Waals surface area contributed by atoms with Gasteiger partial charge in [0, 0.05) is 29.7 Å². The van der Waals surface area contributed by atoms with Crippen LogP contribution in [0.15, 0.2) is 36.4 Å². The Hall–Kier alpha value is -1.51. The molecule has 1 atom stereocenters. The maximum absolute atomic E-state index is 6.24. The highest BCUT2D eigenvalue weighted by molar-refractivity contribution is 6.31. The molecule has 3 rings (SSSR count). The standard InChI is InChI=1S/C18H21ClN2/c1-3-12-5-4-6-13(7-12)16-10-21(2)11-17-15(16)8-14(19)9-18(17)20/h4-9,16H,3,10-11,20H2,1-2H3. The number of benzene rings is 2. The first kappa shape index (κ1) is 14.4. The maximum atomic E-state index is 6.24. The van der Waals surface area contributed by atoms with E-state index in [1.54, 1.807) is 0 Å². The molecule has 0 aromatic heterocycles. The number of nitrogens with zero attached hydrogens (tertiary/aromatic N) is 1. The van der Waals surface area contributed by atoms with Crippen molar-refractivity contribution in [1.29, 1.82) is 0 Å². The zero-order valence-corrected chi connectivity index (χ0v) is 13.3. The highest BCUT2D eigenvalue weighted by Crippen LogP contribution is 2.37. The van der Waals surface area contributed by atoms with Crippen LogP contribution in [0.5, 0.6) is 0 Å². The fourth-order valence-corrected chi connectivity index (χ4v) is 3.47. The second-order valence-electron chi connectivity index (χ2n) is 5.91. The van der Waals surface area contributed by atoms with Gasteiger partial charge in [-0.15, -0.1) is 0 Å². The van der Waals surface area contributed by atoms with E-state index in [1.165, 1.54) is 22.3 Å². The van der Waals surface area contributed by atoms with Crippen LogP contribution in [0, 0.1) is 0 Å². The van der Waals surface area contributed by atoms with Gasteiger partial charge in [-0.25, -0.2) is 0 Å². The smallest absolute Gasteiger partial charge is 0.0429 e. The lowest BCUT2D eigenvalue weighted by Gasteiger charge is -2.33. The molecule has 1 heterocycles. The van der Waals surface area contributed by atoms with Crippen molar-refractivity contribution in [3.05, 3.63) is 63.7 Å². The van der Waals surface area contributed by atoms with E-state index in [0.29, 0.717) is 5.92 Å². The number of anilines is 1. The van der Waals surface area contributed by atoms with Crippen LogP contribution in [0.3, 0.4) is 0 Å². The molecule has 21 heavy (non-hydrogen) atoms. The Morgan fingerprint density at radius 1 is 1.29 bits per heavy atom. The lowest BCUT2D eigenvalue weighted by atomic mass is 9.83. The molecule has 1 aliphatic heterocycles. The van der Waals surface area contributed by atoms with E-state index in [9.17, 15) is 0 Å². The van der Waals surface area contributed by atoms with Gasteiger partial charge in [-0.3, -0.25) is 0 Å². The number of nitrogen functional groups attached to an aromatic ring is 1. The molecular weight excluding hydrogens is 280 g/mol. The third-order valence-electron chi connectivity index (χ3n) is 4.34. The molecule has 110 valence electrons. The van der Waals surface area contributed by atoms with Crippen molar-refractivity contribution >= 4 is 17.3 Å². The summed E-state index contributed by atoms with van der Waals surface area (Å²) in [5.41, 5.74) is 12.2. The average molecular weight is 301 g/mol. The first-order chi connectivity index (χ1) is 10.1. The van der Waals surface area contributed by atoms with Gasteiger partial charge in [-0.2, -0.15) is 0 Å². The van der Waals surface area contributed by atoms with Crippen LogP contribution in [0.4, 0.5) is 5.69 Å². The summed E-state index contributed by atoms with van der Waals surface area (Å²) in [6.07, 6.45) is 1.06. The molecule has 0 radical (unpaired) electrons. The largest absolute Gasteiger partial charge is 0.398 e. The predicted octanol–water partition coefficient (Wildman–Crippen LogP) is 4.06. The highest BCUT2D eigenvalue weighted by Gasteiger charge is 2.26. The van der Waals surface area contributed by atoms with E-state index < -0.39 is 0 Å². The minimum Gasteiger partial charge on any atom is -0.398 e. The van der Waals surface area contributed by atoms with Crippen molar-refractivity contribution in [3.8, 4) is 0 Å². The predicted molar refractivity (Wildman–Crippen MR) is 89.9 cm³/mol. The zero-order chi connectivity index (χ0) is 15.0. The van der Waals surface area contributed by atoms with Crippen molar-refractivity contribution in [2.45, 2.75) is 25.8 Å². The van der Waals surface area contributed by atoms with Gasteiger partial charge in [0.2, 0.25) is 0 Å². The van der Waals surface area contributed by atoms with Crippen molar-refractivity contribution < 1.29 is 0 Å². The van der Waals surface area contributed by atoms with Crippen LogP contribution in [0.25, 0.3) is 0 Å². The zero-order valence-electron chi connectivity index (χ0n) is 12.6. The monoisotopic (exact) mass is 300 g/mol. The first-order valence-electron chi connectivity index (χ1n) is 7.43. The summed E-state index contributed by atoms with van der Waals surface area (Å²) in [6, 6.07) is 12.8. The third kappa shape index (κ3) is 2.78. The summed E-state index contributed by atoms with van der Waals surface area (Å²) in [5, 5.41) is 0.729. The first-order valence-corrected chi connectivity index (χ1v) is 7.81. The normalized spacial score (nSPS) is 18.5. The molecule has 0 saturated heterocycles. The number of hydrogen-bond donors (Lipinski definition) is 1. The SMILES string of the molecule is CCc1cccc(C2CN(C)Cc3c(N)cc(Cl)cc32)c1. The average Bonchev–Trinajstić information content (AvgIpc) is 2.47. The molecule has 3 heteroatoms. The van der Waals surface area contributed by atoms with Crippen LogP contribution in [0.1, 0.15) is 35.1 Å². The van der Waals surface area contributed by atoms with Crippen LogP contribution < -0.4 is 5.73 Å². The van der Waals surface area contributed by atoms with Gasteiger partial charge in [-0.05, 0) is 47.9 Å². The molecule has 1 unspecified atom stereocenters. The molecule has 0 bridgehead atoms. The van der Waals surface area contributed by atoms with Crippen LogP contribution in [0.2, 0.25) is 5.02 Å². The number of hydrogen-bond acceptors (Lipinski definition) is 2. The third-order valence-corrected chi connectivity index (χ3v) is 4.56. The summed E-state index contributed by atoms with van der Waals surface area (Å²) in [7, 11) is 2.15. The molecule has 2 aromatic carbocycles. The van der Waals surface area contributed by atoms with E-state index in [-0.39, 0.29) is 0 Å². The lowest BCUT2D eigenvalue weighted by Crippen LogP contribution is -2.31. The Labute approximate surface area is 131 Å². The number of aryl methyl sites for hydroxylation is 1. The summed E-state index contributed by atoms with van der Waals surface area (Å²) in [4.78, 5) is 2.33. The molecule has 2 nitrogen and oxygen atoms in total. The van der Waals surface area contributed by atoms with Gasteiger partial charge in [-0.1, -0.05) is 42.8 Å². The van der Waals surface area contributed by atoms with E-state index in [2.05, 4.69) is 49.2 Å². The Kier molecular flexibility index (Phi) is 3.92. The molecule has 0 fully saturated rings. The number of rotatable bonds is 2. The Morgan fingerprint density at radius 2 is 2.10 bits per heavy atom. The van der Waals surface area contributed by atoms with Crippen LogP contribution in [-0.4, -0.2) is 18.5 Å². The minimum atomic E-state index is 0.339. The Morgan fingerprint density at radius 3 is 2.86 bits per heavy atom. The van der Waals surface area contributed by atoms with E-state index >= 15 is 0 Å². The van der Waals surface area contributed by atoms with E-state index in [0.717, 1.165) is 30.2 Å². The Balaban J connectivity index is 2.12. The number of halogens is 1. The minimum absolute atomic E-state index is 0.339. The molecular formula is C18H21ClN2. The number of fused-ring (bicyclic) bond motifs is 1. The fourth-order valence-electron chi connectivity index (χ4n) is 3.23. The topological polar surface area (TPSA) is 29.3 Å². The van der Waals surface area contributed by atoms with Gasteiger partial charge >= 0.3 is 0 Å². The fraction of sp³-hybridized carbons (Fsp3) is 0.333. The molecule has 2 aromatic rings. The van der Waals surface area contributed by atoms with E-state index in [1.807, 2.05) is 6.07 Å². The Bertz CT molecular complexity index is 666. The van der Waals surface area contributed by atoms with Crippen LogP contribution >= 0.6 is 11.6 Å². The summed E-state index contributed by atoms with van der Waals surface area (Å²) >= 11 is 6.24. The lowest BCUT2D eigenvalue weighted by molar-refractivity contribution is 0.296. The van der Waals surface area contributed by atoms with Crippen molar-refractivity contribution in [3.63, 3.8) is 0 Å². The van der Waals surface area contributed by atoms with Crippen LogP contribution in [-0.2, 0) is 13.0 Å². The summed E-state index contributed by atoms with van der Waals surface area (Å²) < 4.78 is 0. The number of nitrogens with two attached hydrogens (primary N) is 1. The van der Waals surface area contributed by atoms with Gasteiger partial charge < -0.3 is 10.6 Å². The molecule has 2 N–H and O–H groups in total. The molecule has 0 aliphatic carbocycles. The van der Waals surface area contributed by atoms with Crippen molar-refractivity contribution in [2.75, 3.05) is 19.3 Å². The van der Waals surface area contributed by atoms with Gasteiger partial charge in [0.15, 0.2) is 0 Å².